The zero-order chi connectivity index (χ0) is 22.3. The third-order valence-corrected chi connectivity index (χ3v) is 10.4. The molecule has 0 fully saturated rings. The van der Waals surface area contributed by atoms with Gasteiger partial charge in [0.15, 0.2) is 0 Å². The van der Waals surface area contributed by atoms with Gasteiger partial charge in [0, 0.05) is 0 Å². The normalized spacial score (nSPS) is 11.6. The SMILES string of the molecule is CCCNC(=O)c1ccc([PH](CC(=O)N(C)C)(c2ccccc2)c2ccccc2)cc1. The predicted molar refractivity (Wildman–Crippen MR) is 133 cm³/mol. The Labute approximate surface area is 185 Å². The molecule has 2 amide bonds. The summed E-state index contributed by atoms with van der Waals surface area (Å²) >= 11 is 0. The van der Waals surface area contributed by atoms with Crippen LogP contribution in [0.25, 0.3) is 0 Å². The van der Waals surface area contributed by atoms with E-state index in [1.165, 1.54) is 10.6 Å². The summed E-state index contributed by atoms with van der Waals surface area (Å²) < 4.78 is 0. The van der Waals surface area contributed by atoms with Gasteiger partial charge in [-0.1, -0.05) is 0 Å². The first-order valence-corrected chi connectivity index (χ1v) is 12.9. The summed E-state index contributed by atoms with van der Waals surface area (Å²) in [6, 6.07) is 28.5. The molecule has 162 valence electrons. The molecule has 4 nitrogen and oxygen atoms in total. The van der Waals surface area contributed by atoms with Crippen molar-refractivity contribution in [1.29, 1.82) is 0 Å². The van der Waals surface area contributed by atoms with Crippen molar-refractivity contribution < 1.29 is 9.59 Å². The fourth-order valence-corrected chi connectivity index (χ4v) is 8.52. The van der Waals surface area contributed by atoms with E-state index < -0.39 is 7.26 Å². The first-order valence-electron chi connectivity index (χ1n) is 10.7. The van der Waals surface area contributed by atoms with Gasteiger partial charge in [-0.3, -0.25) is 0 Å². The molecule has 5 heteroatoms. The summed E-state index contributed by atoms with van der Waals surface area (Å²) in [5.41, 5.74) is 0.639. The minimum absolute atomic E-state index is 0.0653. The molecule has 0 saturated carbocycles. The maximum absolute atomic E-state index is 13.1. The molecule has 3 aromatic rings. The van der Waals surface area contributed by atoms with Crippen LogP contribution in [0.3, 0.4) is 0 Å². The van der Waals surface area contributed by atoms with Gasteiger partial charge in [-0.05, 0) is 0 Å². The number of rotatable bonds is 8. The summed E-state index contributed by atoms with van der Waals surface area (Å²) in [5.74, 6) is 0.0357. The number of amides is 2. The van der Waals surface area contributed by atoms with Crippen molar-refractivity contribution in [2.75, 3.05) is 26.8 Å². The Morgan fingerprint density at radius 1 is 0.774 bits per heavy atom. The Balaban J connectivity index is 2.17. The topological polar surface area (TPSA) is 49.4 Å². The maximum atomic E-state index is 13.1. The van der Waals surface area contributed by atoms with Crippen LogP contribution in [0.2, 0.25) is 0 Å². The number of nitrogens with zero attached hydrogens (tertiary/aromatic N) is 1. The van der Waals surface area contributed by atoms with Gasteiger partial charge in [0.25, 0.3) is 0 Å². The van der Waals surface area contributed by atoms with E-state index in [1.54, 1.807) is 19.0 Å². The van der Waals surface area contributed by atoms with E-state index in [1.807, 2.05) is 67.6 Å². The van der Waals surface area contributed by atoms with Crippen LogP contribution in [0.15, 0.2) is 84.9 Å². The standard InChI is InChI=1S/C26H31N2O2P/c1-4-19-27-26(30)21-15-17-24(18-16-21)31(20-25(29)28(2)3,22-11-7-5-8-12-22)23-13-9-6-10-14-23/h5-18,31H,4,19-20H2,1-3H3,(H,27,30). The Morgan fingerprint density at radius 2 is 1.26 bits per heavy atom. The van der Waals surface area contributed by atoms with Crippen LogP contribution in [-0.4, -0.2) is 43.5 Å². The molecule has 0 unspecified atom stereocenters. The molecule has 0 aliphatic rings. The van der Waals surface area contributed by atoms with Crippen molar-refractivity contribution in [3.63, 3.8) is 0 Å². The van der Waals surface area contributed by atoms with Crippen LogP contribution >= 0.6 is 7.26 Å². The average Bonchev–Trinajstić information content (AvgIpc) is 2.82. The first-order chi connectivity index (χ1) is 15.0. The second-order valence-electron chi connectivity index (χ2n) is 7.94. The summed E-state index contributed by atoms with van der Waals surface area (Å²) in [6.45, 7) is 2.69. The van der Waals surface area contributed by atoms with E-state index in [4.69, 9.17) is 0 Å². The van der Waals surface area contributed by atoms with Crippen LogP contribution in [0.1, 0.15) is 23.7 Å². The third-order valence-electron chi connectivity index (χ3n) is 5.62. The molecule has 0 bridgehead atoms. The van der Waals surface area contributed by atoms with E-state index in [-0.39, 0.29) is 11.8 Å². The van der Waals surface area contributed by atoms with Crippen molar-refractivity contribution in [3.8, 4) is 0 Å². The molecular weight excluding hydrogens is 403 g/mol. The molecule has 0 aromatic heterocycles. The molecular formula is C26H31N2O2P. The predicted octanol–water partition coefficient (Wildman–Crippen LogP) is 2.94. The summed E-state index contributed by atoms with van der Waals surface area (Å²) in [5, 5.41) is 6.41. The molecule has 0 atom stereocenters. The number of benzene rings is 3. The second kappa shape index (κ2) is 10.4. The Morgan fingerprint density at radius 3 is 1.71 bits per heavy atom. The third kappa shape index (κ3) is 5.03. The molecule has 3 rings (SSSR count). The molecule has 0 aliphatic heterocycles. The van der Waals surface area contributed by atoms with Crippen molar-refractivity contribution in [2.24, 2.45) is 0 Å². The minimum atomic E-state index is -2.66. The van der Waals surface area contributed by atoms with Crippen LogP contribution < -0.4 is 21.2 Å². The van der Waals surface area contributed by atoms with Gasteiger partial charge < -0.3 is 0 Å². The molecule has 0 saturated heterocycles. The van der Waals surface area contributed by atoms with Gasteiger partial charge in [-0.2, -0.15) is 0 Å². The Hall–Kier alpha value is -2.97. The van der Waals surface area contributed by atoms with Crippen molar-refractivity contribution in [1.82, 2.24) is 10.2 Å². The first kappa shape index (κ1) is 22.7. The average molecular weight is 435 g/mol. The van der Waals surface area contributed by atoms with Crippen LogP contribution in [0, 0.1) is 0 Å². The molecule has 3 aromatic carbocycles. The number of carbonyl (C=O) groups excluding carboxylic acids is 2. The van der Waals surface area contributed by atoms with Gasteiger partial charge >= 0.3 is 185 Å². The van der Waals surface area contributed by atoms with Crippen LogP contribution in [-0.2, 0) is 4.79 Å². The molecule has 0 spiro atoms. The molecule has 0 aliphatic carbocycles. The summed E-state index contributed by atoms with van der Waals surface area (Å²) in [6.07, 6.45) is 1.32. The number of nitrogens with one attached hydrogen (secondary N) is 1. The van der Waals surface area contributed by atoms with Gasteiger partial charge in [0.05, 0.1) is 0 Å². The van der Waals surface area contributed by atoms with Crippen molar-refractivity contribution in [3.05, 3.63) is 90.5 Å². The molecule has 1 N–H and O–H groups in total. The van der Waals surface area contributed by atoms with Gasteiger partial charge in [-0.25, -0.2) is 0 Å². The number of hydrogen-bond acceptors (Lipinski definition) is 2. The number of carbonyl (C=O) groups is 2. The molecule has 0 heterocycles. The quantitative estimate of drug-likeness (QED) is 0.555. The van der Waals surface area contributed by atoms with Crippen molar-refractivity contribution in [2.45, 2.75) is 13.3 Å². The fraction of sp³-hybridized carbons (Fsp3) is 0.231. The zero-order valence-electron chi connectivity index (χ0n) is 18.5. The molecule has 31 heavy (non-hydrogen) atoms. The zero-order valence-corrected chi connectivity index (χ0v) is 19.5. The summed E-state index contributed by atoms with van der Waals surface area (Å²) in [7, 11) is 0.953. The molecule has 0 radical (unpaired) electrons. The van der Waals surface area contributed by atoms with E-state index >= 15 is 0 Å². The van der Waals surface area contributed by atoms with Crippen LogP contribution in [0.4, 0.5) is 0 Å². The van der Waals surface area contributed by atoms with E-state index in [0.29, 0.717) is 18.3 Å². The fourth-order valence-electron chi connectivity index (χ4n) is 3.88. The van der Waals surface area contributed by atoms with E-state index in [0.717, 1.165) is 11.7 Å². The van der Waals surface area contributed by atoms with Crippen LogP contribution in [0.5, 0.6) is 0 Å². The Bertz CT molecular complexity index is 963. The second-order valence-corrected chi connectivity index (χ2v) is 11.8. The summed E-state index contributed by atoms with van der Waals surface area (Å²) in [4.78, 5) is 27.1. The Kier molecular flexibility index (Phi) is 7.59. The van der Waals surface area contributed by atoms with Crippen molar-refractivity contribution >= 4 is 35.0 Å². The number of hydrogen-bond donors (Lipinski definition) is 1. The van der Waals surface area contributed by atoms with E-state index in [2.05, 4.69) is 29.6 Å². The van der Waals surface area contributed by atoms with Gasteiger partial charge in [0.1, 0.15) is 0 Å². The van der Waals surface area contributed by atoms with Gasteiger partial charge in [0.2, 0.25) is 0 Å². The van der Waals surface area contributed by atoms with Gasteiger partial charge in [-0.15, -0.1) is 0 Å². The monoisotopic (exact) mass is 434 g/mol. The van der Waals surface area contributed by atoms with E-state index in [9.17, 15) is 9.59 Å².